The fourth-order valence-electron chi connectivity index (χ4n) is 3.33. The molecule has 2 aromatic carbocycles. The van der Waals surface area contributed by atoms with E-state index >= 15 is 0 Å². The number of aryl methyl sites for hydroxylation is 1. The van der Waals surface area contributed by atoms with E-state index < -0.39 is 12.1 Å². The van der Waals surface area contributed by atoms with Gasteiger partial charge in [0.05, 0.1) is 18.2 Å². The second-order valence-corrected chi connectivity index (χ2v) is 6.66. The molecule has 0 unspecified atom stereocenters. The molecule has 0 aliphatic heterocycles. The fourth-order valence-corrected chi connectivity index (χ4v) is 3.33. The zero-order valence-electron chi connectivity index (χ0n) is 15.7. The minimum absolute atomic E-state index is 0.0333. The van der Waals surface area contributed by atoms with Crippen LogP contribution in [-0.2, 0) is 16.0 Å². The van der Waals surface area contributed by atoms with Gasteiger partial charge in [-0.25, -0.2) is 4.79 Å². The molecular weight excluding hydrogens is 342 g/mol. The highest BCUT2D eigenvalue weighted by Gasteiger charge is 2.25. The standard InChI is InChI=1S/C22H25NO4/c1-3-26-18-13-11-17(12-14-18)22(25)27-15(2)21(24)23-20-10-6-8-16-7-4-5-9-19(16)20/h4-5,7,9,11-15,20H,3,6,8,10H2,1-2H3,(H,23,24)/t15-,20+/m1/s1. The highest BCUT2D eigenvalue weighted by Crippen LogP contribution is 2.29. The number of carbonyl (C=O) groups excluding carboxylic acids is 2. The summed E-state index contributed by atoms with van der Waals surface area (Å²) in [6.45, 7) is 4.05. The average Bonchev–Trinajstić information content (AvgIpc) is 2.69. The molecule has 0 radical (unpaired) electrons. The molecule has 2 aromatic rings. The summed E-state index contributed by atoms with van der Waals surface area (Å²) in [5, 5.41) is 3.02. The molecule has 1 N–H and O–H groups in total. The van der Waals surface area contributed by atoms with Gasteiger partial charge in [0, 0.05) is 0 Å². The van der Waals surface area contributed by atoms with Gasteiger partial charge in [-0.15, -0.1) is 0 Å². The number of ether oxygens (including phenoxy) is 2. The molecular formula is C22H25NO4. The van der Waals surface area contributed by atoms with E-state index in [9.17, 15) is 9.59 Å². The van der Waals surface area contributed by atoms with Gasteiger partial charge in [0.1, 0.15) is 5.75 Å². The lowest BCUT2D eigenvalue weighted by atomic mass is 9.87. The summed E-state index contributed by atoms with van der Waals surface area (Å²) in [4.78, 5) is 24.8. The first-order valence-corrected chi connectivity index (χ1v) is 9.40. The van der Waals surface area contributed by atoms with Gasteiger partial charge in [0.25, 0.3) is 5.91 Å². The van der Waals surface area contributed by atoms with Crippen molar-refractivity contribution in [3.63, 3.8) is 0 Å². The van der Waals surface area contributed by atoms with E-state index in [0.717, 1.165) is 24.8 Å². The minimum Gasteiger partial charge on any atom is -0.494 e. The molecule has 0 saturated carbocycles. The molecule has 0 saturated heterocycles. The molecule has 1 amide bonds. The molecule has 1 aliphatic carbocycles. The summed E-state index contributed by atoms with van der Waals surface area (Å²) in [7, 11) is 0. The van der Waals surface area contributed by atoms with E-state index in [-0.39, 0.29) is 11.9 Å². The second-order valence-electron chi connectivity index (χ2n) is 6.66. The van der Waals surface area contributed by atoms with Crippen LogP contribution >= 0.6 is 0 Å². The van der Waals surface area contributed by atoms with Crippen LogP contribution in [0.2, 0.25) is 0 Å². The van der Waals surface area contributed by atoms with Gasteiger partial charge >= 0.3 is 5.97 Å². The Morgan fingerprint density at radius 1 is 1.15 bits per heavy atom. The van der Waals surface area contributed by atoms with Gasteiger partial charge in [-0.3, -0.25) is 4.79 Å². The monoisotopic (exact) mass is 367 g/mol. The van der Waals surface area contributed by atoms with Gasteiger partial charge in [-0.05, 0) is 68.5 Å². The molecule has 27 heavy (non-hydrogen) atoms. The third-order valence-electron chi connectivity index (χ3n) is 4.74. The quantitative estimate of drug-likeness (QED) is 0.788. The van der Waals surface area contributed by atoms with E-state index in [4.69, 9.17) is 9.47 Å². The zero-order valence-corrected chi connectivity index (χ0v) is 15.7. The summed E-state index contributed by atoms with van der Waals surface area (Å²) < 4.78 is 10.7. The smallest absolute Gasteiger partial charge is 0.338 e. The number of esters is 1. The molecule has 5 heteroatoms. The van der Waals surface area contributed by atoms with Crippen LogP contribution in [0.5, 0.6) is 5.75 Å². The Morgan fingerprint density at radius 2 is 1.89 bits per heavy atom. The van der Waals surface area contributed by atoms with Crippen molar-refractivity contribution in [3.8, 4) is 5.75 Å². The normalized spacial score (nSPS) is 16.7. The maximum Gasteiger partial charge on any atom is 0.338 e. The predicted molar refractivity (Wildman–Crippen MR) is 103 cm³/mol. The van der Waals surface area contributed by atoms with Crippen molar-refractivity contribution in [1.82, 2.24) is 5.32 Å². The first-order chi connectivity index (χ1) is 13.1. The fraction of sp³-hybridized carbons (Fsp3) is 0.364. The Morgan fingerprint density at radius 3 is 2.63 bits per heavy atom. The molecule has 5 nitrogen and oxygen atoms in total. The Labute approximate surface area is 159 Å². The number of amides is 1. The molecule has 142 valence electrons. The molecule has 0 spiro atoms. The lowest BCUT2D eigenvalue weighted by Crippen LogP contribution is -2.39. The molecule has 0 bridgehead atoms. The van der Waals surface area contributed by atoms with Crippen LogP contribution in [0.25, 0.3) is 0 Å². The highest BCUT2D eigenvalue weighted by molar-refractivity contribution is 5.92. The van der Waals surface area contributed by atoms with Crippen LogP contribution in [0.3, 0.4) is 0 Å². The molecule has 1 aliphatic rings. The number of benzene rings is 2. The summed E-state index contributed by atoms with van der Waals surface area (Å²) in [6, 6.07) is 14.8. The van der Waals surface area contributed by atoms with Crippen molar-refractivity contribution < 1.29 is 19.1 Å². The largest absolute Gasteiger partial charge is 0.494 e. The molecule has 3 rings (SSSR count). The van der Waals surface area contributed by atoms with E-state index in [2.05, 4.69) is 17.4 Å². The summed E-state index contributed by atoms with van der Waals surface area (Å²) in [6.07, 6.45) is 2.09. The number of hydrogen-bond donors (Lipinski definition) is 1. The third kappa shape index (κ3) is 4.67. The Kier molecular flexibility index (Phi) is 6.12. The predicted octanol–water partition coefficient (Wildman–Crippen LogP) is 3.82. The lowest BCUT2D eigenvalue weighted by molar-refractivity contribution is -0.130. The number of hydrogen-bond acceptors (Lipinski definition) is 4. The first-order valence-electron chi connectivity index (χ1n) is 9.40. The second kappa shape index (κ2) is 8.71. The summed E-state index contributed by atoms with van der Waals surface area (Å²) >= 11 is 0. The van der Waals surface area contributed by atoms with Crippen LogP contribution in [0.15, 0.2) is 48.5 Å². The average molecular weight is 367 g/mol. The minimum atomic E-state index is -0.863. The van der Waals surface area contributed by atoms with Crippen LogP contribution in [0.4, 0.5) is 0 Å². The molecule has 0 fully saturated rings. The molecule has 0 heterocycles. The van der Waals surface area contributed by atoms with E-state index in [1.807, 2.05) is 19.1 Å². The number of rotatable bonds is 6. The summed E-state index contributed by atoms with van der Waals surface area (Å²) in [5.41, 5.74) is 2.82. The van der Waals surface area contributed by atoms with E-state index in [0.29, 0.717) is 17.9 Å². The highest BCUT2D eigenvalue weighted by atomic mass is 16.5. The SMILES string of the molecule is CCOc1ccc(C(=O)O[C@H](C)C(=O)N[C@H]2CCCc3ccccc32)cc1. The zero-order chi connectivity index (χ0) is 19.2. The first kappa shape index (κ1) is 19.0. The number of fused-ring (bicyclic) bond motifs is 1. The van der Waals surface area contributed by atoms with Gasteiger partial charge in [0.15, 0.2) is 6.10 Å². The van der Waals surface area contributed by atoms with Gasteiger partial charge in [-0.2, -0.15) is 0 Å². The van der Waals surface area contributed by atoms with E-state index in [1.165, 1.54) is 5.56 Å². The van der Waals surface area contributed by atoms with Crippen LogP contribution in [0, 0.1) is 0 Å². The van der Waals surface area contributed by atoms with Crippen LogP contribution in [0.1, 0.15) is 54.2 Å². The Bertz CT molecular complexity index is 800. The summed E-state index contributed by atoms with van der Waals surface area (Å²) in [5.74, 6) is -0.114. The molecule has 2 atom stereocenters. The van der Waals surface area contributed by atoms with Crippen molar-refractivity contribution in [2.75, 3.05) is 6.61 Å². The van der Waals surface area contributed by atoms with Crippen LogP contribution < -0.4 is 10.1 Å². The third-order valence-corrected chi connectivity index (χ3v) is 4.74. The van der Waals surface area contributed by atoms with Gasteiger partial charge in [-0.1, -0.05) is 24.3 Å². The van der Waals surface area contributed by atoms with Gasteiger partial charge in [0.2, 0.25) is 0 Å². The van der Waals surface area contributed by atoms with Gasteiger partial charge < -0.3 is 14.8 Å². The van der Waals surface area contributed by atoms with Crippen molar-refractivity contribution in [1.29, 1.82) is 0 Å². The Balaban J connectivity index is 1.58. The molecule has 0 aromatic heterocycles. The topological polar surface area (TPSA) is 64.6 Å². The maximum absolute atomic E-state index is 12.5. The number of nitrogens with one attached hydrogen (secondary N) is 1. The lowest BCUT2D eigenvalue weighted by Gasteiger charge is -2.27. The van der Waals surface area contributed by atoms with Crippen molar-refractivity contribution in [2.45, 2.75) is 45.3 Å². The van der Waals surface area contributed by atoms with Crippen molar-refractivity contribution in [3.05, 3.63) is 65.2 Å². The maximum atomic E-state index is 12.5. The number of carbonyl (C=O) groups is 2. The van der Waals surface area contributed by atoms with E-state index in [1.54, 1.807) is 31.2 Å². The Hall–Kier alpha value is -2.82. The van der Waals surface area contributed by atoms with Crippen molar-refractivity contribution >= 4 is 11.9 Å². The van der Waals surface area contributed by atoms with Crippen LogP contribution in [-0.4, -0.2) is 24.6 Å². The van der Waals surface area contributed by atoms with Crippen molar-refractivity contribution in [2.24, 2.45) is 0 Å².